The third-order valence-corrected chi connectivity index (χ3v) is 4.37. The number of nitrogen functional groups attached to an aromatic ring is 1. The van der Waals surface area contributed by atoms with Crippen LogP contribution < -0.4 is 11.1 Å². The van der Waals surface area contributed by atoms with Gasteiger partial charge in [0.15, 0.2) is 0 Å². The Morgan fingerprint density at radius 3 is 2.67 bits per heavy atom. The first-order valence-electron chi connectivity index (χ1n) is 7.48. The number of carbonyl (C=O) groups is 1. The molecule has 1 fully saturated rings. The predicted molar refractivity (Wildman–Crippen MR) is 80.3 cm³/mol. The summed E-state index contributed by atoms with van der Waals surface area (Å²) in [4.78, 5) is 12.0. The molecule has 1 amide bonds. The van der Waals surface area contributed by atoms with Crippen molar-refractivity contribution < 1.29 is 14.3 Å². The number of benzene rings is 1. The number of nitrogens with two attached hydrogens (primary N) is 1. The average Bonchev–Trinajstić information content (AvgIpc) is 2.45. The Labute approximate surface area is 124 Å². The lowest BCUT2D eigenvalue weighted by Gasteiger charge is -2.35. The van der Waals surface area contributed by atoms with Gasteiger partial charge in [-0.25, -0.2) is 4.39 Å². The summed E-state index contributed by atoms with van der Waals surface area (Å²) in [7, 11) is 0. The van der Waals surface area contributed by atoms with Crippen molar-refractivity contribution in [2.45, 2.75) is 44.6 Å². The first-order valence-corrected chi connectivity index (χ1v) is 7.48. The molecule has 2 rings (SSSR count). The smallest absolute Gasteiger partial charge is 0.251 e. The zero-order valence-electron chi connectivity index (χ0n) is 12.4. The van der Waals surface area contributed by atoms with Crippen LogP contribution in [-0.2, 0) is 0 Å². The quantitative estimate of drug-likeness (QED) is 0.747. The fourth-order valence-corrected chi connectivity index (χ4v) is 2.89. The standard InChI is InChI=1S/C16H23FN2O2/c1-2-11-3-5-16(21,6-4-11)10-19-15(20)12-7-13(17)9-14(18)8-12/h7-9,11,21H,2-6,10,18H2,1H3,(H,19,20). The highest BCUT2D eigenvalue weighted by Crippen LogP contribution is 2.33. The number of hydrogen-bond acceptors (Lipinski definition) is 3. The minimum absolute atomic E-state index is 0.179. The van der Waals surface area contributed by atoms with Gasteiger partial charge in [-0.05, 0) is 49.8 Å². The molecular weight excluding hydrogens is 271 g/mol. The van der Waals surface area contributed by atoms with Crippen LogP contribution in [0.25, 0.3) is 0 Å². The molecule has 1 aliphatic rings. The summed E-state index contributed by atoms with van der Waals surface area (Å²) in [5.74, 6) is -0.279. The van der Waals surface area contributed by atoms with Crippen LogP contribution in [0.5, 0.6) is 0 Å². The van der Waals surface area contributed by atoms with E-state index in [9.17, 15) is 14.3 Å². The molecule has 0 heterocycles. The van der Waals surface area contributed by atoms with Crippen molar-refractivity contribution in [3.05, 3.63) is 29.6 Å². The minimum Gasteiger partial charge on any atom is -0.399 e. The molecule has 0 radical (unpaired) electrons. The Bertz CT molecular complexity index is 491. The van der Waals surface area contributed by atoms with E-state index in [1.54, 1.807) is 0 Å². The van der Waals surface area contributed by atoms with Crippen LogP contribution >= 0.6 is 0 Å². The Balaban J connectivity index is 1.92. The molecule has 0 unspecified atom stereocenters. The summed E-state index contributed by atoms with van der Waals surface area (Å²) in [5, 5.41) is 13.2. The Morgan fingerprint density at radius 2 is 2.10 bits per heavy atom. The second kappa shape index (κ2) is 6.43. The zero-order chi connectivity index (χ0) is 15.5. The highest BCUT2D eigenvalue weighted by atomic mass is 19.1. The van der Waals surface area contributed by atoms with E-state index in [1.807, 2.05) is 0 Å². The van der Waals surface area contributed by atoms with Crippen molar-refractivity contribution in [1.29, 1.82) is 0 Å². The van der Waals surface area contributed by atoms with Gasteiger partial charge in [0.05, 0.1) is 5.60 Å². The Kier molecular flexibility index (Phi) is 4.83. The van der Waals surface area contributed by atoms with Crippen molar-refractivity contribution in [2.24, 2.45) is 5.92 Å². The first-order chi connectivity index (χ1) is 9.92. The number of halogens is 1. The van der Waals surface area contributed by atoms with E-state index in [2.05, 4.69) is 12.2 Å². The largest absolute Gasteiger partial charge is 0.399 e. The average molecular weight is 294 g/mol. The Morgan fingerprint density at radius 1 is 1.43 bits per heavy atom. The molecule has 0 atom stereocenters. The van der Waals surface area contributed by atoms with Gasteiger partial charge in [0.1, 0.15) is 5.82 Å². The van der Waals surface area contributed by atoms with Gasteiger partial charge in [0.2, 0.25) is 0 Å². The van der Waals surface area contributed by atoms with Crippen molar-refractivity contribution in [1.82, 2.24) is 5.32 Å². The zero-order valence-corrected chi connectivity index (χ0v) is 12.4. The van der Waals surface area contributed by atoms with E-state index in [-0.39, 0.29) is 17.8 Å². The van der Waals surface area contributed by atoms with Crippen molar-refractivity contribution in [3.63, 3.8) is 0 Å². The van der Waals surface area contributed by atoms with E-state index in [1.165, 1.54) is 6.07 Å². The molecule has 5 heteroatoms. The van der Waals surface area contributed by atoms with E-state index < -0.39 is 17.3 Å². The topological polar surface area (TPSA) is 75.3 Å². The lowest BCUT2D eigenvalue weighted by Crippen LogP contribution is -2.45. The van der Waals surface area contributed by atoms with E-state index in [0.29, 0.717) is 18.8 Å². The van der Waals surface area contributed by atoms with E-state index in [4.69, 9.17) is 5.73 Å². The van der Waals surface area contributed by atoms with Crippen LogP contribution in [0.15, 0.2) is 18.2 Å². The molecule has 4 N–H and O–H groups in total. The van der Waals surface area contributed by atoms with Crippen LogP contribution in [0, 0.1) is 11.7 Å². The molecule has 1 aromatic carbocycles. The maximum atomic E-state index is 13.2. The van der Waals surface area contributed by atoms with Crippen LogP contribution in [0.3, 0.4) is 0 Å². The van der Waals surface area contributed by atoms with Gasteiger partial charge in [0, 0.05) is 17.8 Å². The van der Waals surface area contributed by atoms with Crippen molar-refractivity contribution in [3.8, 4) is 0 Å². The lowest BCUT2D eigenvalue weighted by molar-refractivity contribution is -0.00786. The summed E-state index contributed by atoms with van der Waals surface area (Å²) in [6.07, 6.45) is 4.48. The normalized spacial score (nSPS) is 25.6. The molecule has 1 aliphatic carbocycles. The third kappa shape index (κ3) is 4.17. The summed E-state index contributed by atoms with van der Waals surface area (Å²) < 4.78 is 13.2. The number of hydrogen-bond donors (Lipinski definition) is 3. The van der Waals surface area contributed by atoms with E-state index in [0.717, 1.165) is 31.4 Å². The predicted octanol–water partition coefficient (Wildman–Crippen LogP) is 2.47. The summed E-state index contributed by atoms with van der Waals surface area (Å²) in [6.45, 7) is 2.35. The van der Waals surface area contributed by atoms with Gasteiger partial charge >= 0.3 is 0 Å². The third-order valence-electron chi connectivity index (χ3n) is 4.37. The molecule has 0 aliphatic heterocycles. The molecular formula is C16H23FN2O2. The van der Waals surface area contributed by atoms with Gasteiger partial charge in [-0.15, -0.1) is 0 Å². The molecule has 1 aromatic rings. The van der Waals surface area contributed by atoms with Crippen LogP contribution in [0.2, 0.25) is 0 Å². The number of carbonyl (C=O) groups excluding carboxylic acids is 1. The lowest BCUT2D eigenvalue weighted by atomic mass is 9.78. The van der Waals surface area contributed by atoms with Gasteiger partial charge in [0.25, 0.3) is 5.91 Å². The SMILES string of the molecule is CCC1CCC(O)(CNC(=O)c2cc(N)cc(F)c2)CC1. The van der Waals surface area contributed by atoms with E-state index >= 15 is 0 Å². The Hall–Kier alpha value is -1.62. The number of rotatable bonds is 4. The highest BCUT2D eigenvalue weighted by molar-refractivity contribution is 5.95. The molecule has 21 heavy (non-hydrogen) atoms. The van der Waals surface area contributed by atoms with Crippen LogP contribution in [0.4, 0.5) is 10.1 Å². The molecule has 0 spiro atoms. The first kappa shape index (κ1) is 15.8. The monoisotopic (exact) mass is 294 g/mol. The van der Waals surface area contributed by atoms with Gasteiger partial charge in [-0.3, -0.25) is 4.79 Å². The highest BCUT2D eigenvalue weighted by Gasteiger charge is 2.32. The van der Waals surface area contributed by atoms with Gasteiger partial charge < -0.3 is 16.2 Å². The second-order valence-corrected chi connectivity index (χ2v) is 6.03. The number of nitrogens with one attached hydrogen (secondary N) is 1. The van der Waals surface area contributed by atoms with Gasteiger partial charge in [-0.2, -0.15) is 0 Å². The second-order valence-electron chi connectivity index (χ2n) is 6.03. The molecule has 1 saturated carbocycles. The maximum Gasteiger partial charge on any atom is 0.251 e. The maximum absolute atomic E-state index is 13.2. The number of anilines is 1. The summed E-state index contributed by atoms with van der Waals surface area (Å²) in [6, 6.07) is 3.73. The summed E-state index contributed by atoms with van der Waals surface area (Å²) >= 11 is 0. The van der Waals surface area contributed by atoms with Crippen molar-refractivity contribution in [2.75, 3.05) is 12.3 Å². The van der Waals surface area contributed by atoms with Gasteiger partial charge in [-0.1, -0.05) is 13.3 Å². The van der Waals surface area contributed by atoms with Crippen molar-refractivity contribution >= 4 is 11.6 Å². The molecule has 116 valence electrons. The fraction of sp³-hybridized carbons (Fsp3) is 0.562. The number of amides is 1. The molecule has 0 bridgehead atoms. The molecule has 0 aromatic heterocycles. The minimum atomic E-state index is -0.847. The summed E-state index contributed by atoms with van der Waals surface area (Å²) in [5.41, 5.74) is 5.07. The fourth-order valence-electron chi connectivity index (χ4n) is 2.89. The number of aliphatic hydroxyl groups is 1. The molecule has 4 nitrogen and oxygen atoms in total. The molecule has 0 saturated heterocycles. The van der Waals surface area contributed by atoms with Crippen LogP contribution in [0.1, 0.15) is 49.4 Å². The van der Waals surface area contributed by atoms with Crippen LogP contribution in [-0.4, -0.2) is 23.2 Å².